The van der Waals surface area contributed by atoms with E-state index in [1.807, 2.05) is 0 Å². The molecule has 0 spiro atoms. The topological polar surface area (TPSA) is 12.0 Å². The molecule has 16 heavy (non-hydrogen) atoms. The van der Waals surface area contributed by atoms with Crippen molar-refractivity contribution in [1.82, 2.24) is 5.32 Å². The summed E-state index contributed by atoms with van der Waals surface area (Å²) in [7, 11) is 0. The molecule has 0 radical (unpaired) electrons. The number of nitrogens with one attached hydrogen (secondary N) is 1. The lowest BCUT2D eigenvalue weighted by Crippen LogP contribution is -2.20. The zero-order chi connectivity index (χ0) is 12.7. The van der Waals surface area contributed by atoms with E-state index in [4.69, 9.17) is 0 Å². The summed E-state index contributed by atoms with van der Waals surface area (Å²) in [4.78, 5) is 0. The fourth-order valence-corrected chi connectivity index (χ4v) is 1.74. The van der Waals surface area contributed by atoms with Crippen LogP contribution in [-0.2, 0) is 0 Å². The zero-order valence-electron chi connectivity index (χ0n) is 12.4. The summed E-state index contributed by atoms with van der Waals surface area (Å²) < 4.78 is 0. The largest absolute Gasteiger partial charge is 0.317 e. The lowest BCUT2D eigenvalue weighted by molar-refractivity contribution is 0.308. The summed E-state index contributed by atoms with van der Waals surface area (Å²) >= 11 is 0. The highest BCUT2D eigenvalue weighted by Crippen LogP contribution is 2.25. The quantitative estimate of drug-likeness (QED) is 0.597. The molecule has 1 N–H and O–H groups in total. The van der Waals surface area contributed by atoms with Gasteiger partial charge in [0.25, 0.3) is 0 Å². The van der Waals surface area contributed by atoms with Crippen LogP contribution >= 0.6 is 0 Å². The van der Waals surface area contributed by atoms with Gasteiger partial charge in [-0.1, -0.05) is 48.0 Å². The minimum atomic E-state index is 0.492. The molecule has 0 aliphatic carbocycles. The third-order valence-corrected chi connectivity index (χ3v) is 3.44. The monoisotopic (exact) mass is 227 g/mol. The Kier molecular flexibility index (Phi) is 7.30. The Morgan fingerprint density at radius 3 is 1.75 bits per heavy atom. The van der Waals surface area contributed by atoms with Gasteiger partial charge in [0.2, 0.25) is 0 Å². The molecule has 0 saturated carbocycles. The van der Waals surface area contributed by atoms with Gasteiger partial charge in [0, 0.05) is 0 Å². The Hall–Kier alpha value is -0.0400. The van der Waals surface area contributed by atoms with E-state index in [-0.39, 0.29) is 0 Å². The third kappa shape index (κ3) is 10.5. The fraction of sp³-hybridized carbons (Fsp3) is 1.00. The Morgan fingerprint density at radius 2 is 1.31 bits per heavy atom. The molecule has 0 unspecified atom stereocenters. The van der Waals surface area contributed by atoms with E-state index in [9.17, 15) is 0 Å². The first-order chi connectivity index (χ1) is 7.27. The molecular formula is C15H33N. The molecule has 0 aromatic rings. The van der Waals surface area contributed by atoms with Crippen molar-refractivity contribution in [1.29, 1.82) is 0 Å². The second-order valence-electron chi connectivity index (χ2n) is 7.04. The second-order valence-corrected chi connectivity index (χ2v) is 7.04. The zero-order valence-corrected chi connectivity index (χ0v) is 12.4. The van der Waals surface area contributed by atoms with Crippen LogP contribution in [0.3, 0.4) is 0 Å². The molecule has 0 aliphatic heterocycles. The van der Waals surface area contributed by atoms with E-state index < -0.39 is 0 Å². The van der Waals surface area contributed by atoms with Crippen LogP contribution in [0.15, 0.2) is 0 Å². The minimum Gasteiger partial charge on any atom is -0.317 e. The van der Waals surface area contributed by atoms with Crippen LogP contribution in [0.2, 0.25) is 0 Å². The Balaban J connectivity index is 3.29. The molecule has 0 heterocycles. The molecule has 0 aromatic carbocycles. The first kappa shape index (κ1) is 16.0. The van der Waals surface area contributed by atoms with Gasteiger partial charge in [0.15, 0.2) is 0 Å². The molecule has 0 amide bonds. The van der Waals surface area contributed by atoms with Gasteiger partial charge >= 0.3 is 0 Å². The normalized spacial score (nSPS) is 13.1. The lowest BCUT2D eigenvalue weighted by atomic mass is 9.85. The van der Waals surface area contributed by atoms with Crippen LogP contribution in [0.25, 0.3) is 0 Å². The van der Waals surface area contributed by atoms with Crippen molar-refractivity contribution in [3.63, 3.8) is 0 Å². The Labute approximate surface area is 103 Å². The summed E-state index contributed by atoms with van der Waals surface area (Å²) in [6, 6.07) is 0. The van der Waals surface area contributed by atoms with Gasteiger partial charge in [0.1, 0.15) is 0 Å². The Morgan fingerprint density at radius 1 is 0.812 bits per heavy atom. The van der Waals surface area contributed by atoms with Crippen molar-refractivity contribution >= 4 is 0 Å². The van der Waals surface area contributed by atoms with Crippen LogP contribution < -0.4 is 5.32 Å². The third-order valence-electron chi connectivity index (χ3n) is 3.44. The average molecular weight is 227 g/mol. The van der Waals surface area contributed by atoms with Crippen LogP contribution in [0.1, 0.15) is 73.6 Å². The Bertz CT molecular complexity index is 165. The van der Waals surface area contributed by atoms with Crippen LogP contribution in [-0.4, -0.2) is 13.1 Å². The highest BCUT2D eigenvalue weighted by Gasteiger charge is 2.13. The molecule has 0 aromatic heterocycles. The number of hydrogen-bond acceptors (Lipinski definition) is 1. The number of hydrogen-bond donors (Lipinski definition) is 1. The van der Waals surface area contributed by atoms with Crippen LogP contribution in [0.4, 0.5) is 0 Å². The predicted octanol–water partition coefficient (Wildman–Crippen LogP) is 4.62. The maximum Gasteiger partial charge on any atom is -0.00487 e. The highest BCUT2D eigenvalue weighted by molar-refractivity contribution is 4.67. The molecule has 1 heteroatoms. The van der Waals surface area contributed by atoms with Crippen LogP contribution in [0.5, 0.6) is 0 Å². The van der Waals surface area contributed by atoms with E-state index in [1.165, 1.54) is 45.2 Å². The minimum absolute atomic E-state index is 0.492. The van der Waals surface area contributed by atoms with Crippen molar-refractivity contribution in [2.24, 2.45) is 10.8 Å². The summed E-state index contributed by atoms with van der Waals surface area (Å²) in [5.41, 5.74) is 1.03. The van der Waals surface area contributed by atoms with E-state index in [0.717, 1.165) is 0 Å². The van der Waals surface area contributed by atoms with Gasteiger partial charge < -0.3 is 5.32 Å². The van der Waals surface area contributed by atoms with Crippen molar-refractivity contribution < 1.29 is 0 Å². The number of rotatable bonds is 8. The van der Waals surface area contributed by atoms with E-state index in [1.54, 1.807) is 0 Å². The van der Waals surface area contributed by atoms with Gasteiger partial charge in [-0.15, -0.1) is 0 Å². The SMILES string of the molecule is CCC(C)(C)CCCNCCCC(C)(C)C. The standard InChI is InChI=1S/C15H33N/c1-7-15(5,6)11-9-13-16-12-8-10-14(2,3)4/h16H,7-13H2,1-6H3. The van der Waals surface area contributed by atoms with Gasteiger partial charge in [-0.3, -0.25) is 0 Å². The van der Waals surface area contributed by atoms with E-state index >= 15 is 0 Å². The molecule has 0 saturated heterocycles. The lowest BCUT2D eigenvalue weighted by Gasteiger charge is -2.22. The van der Waals surface area contributed by atoms with Gasteiger partial charge in [0.05, 0.1) is 0 Å². The molecule has 0 bridgehead atoms. The maximum atomic E-state index is 3.55. The summed E-state index contributed by atoms with van der Waals surface area (Å²) in [6.07, 6.45) is 6.57. The summed E-state index contributed by atoms with van der Waals surface area (Å²) in [6.45, 7) is 16.3. The first-order valence-corrected chi connectivity index (χ1v) is 6.97. The maximum absolute atomic E-state index is 3.55. The molecular weight excluding hydrogens is 194 g/mol. The van der Waals surface area contributed by atoms with Crippen molar-refractivity contribution in [3.8, 4) is 0 Å². The second kappa shape index (κ2) is 7.32. The molecule has 98 valence electrons. The first-order valence-electron chi connectivity index (χ1n) is 6.97. The predicted molar refractivity (Wildman–Crippen MR) is 74.9 cm³/mol. The van der Waals surface area contributed by atoms with E-state index in [0.29, 0.717) is 10.8 Å². The van der Waals surface area contributed by atoms with Gasteiger partial charge in [-0.25, -0.2) is 0 Å². The van der Waals surface area contributed by atoms with Crippen molar-refractivity contribution in [2.75, 3.05) is 13.1 Å². The fourth-order valence-electron chi connectivity index (χ4n) is 1.74. The summed E-state index contributed by atoms with van der Waals surface area (Å²) in [5, 5.41) is 3.55. The molecule has 0 rings (SSSR count). The molecule has 1 nitrogen and oxygen atoms in total. The van der Waals surface area contributed by atoms with Crippen molar-refractivity contribution in [3.05, 3.63) is 0 Å². The smallest absolute Gasteiger partial charge is 0.00487 e. The molecule has 0 aliphatic rings. The van der Waals surface area contributed by atoms with Gasteiger partial charge in [-0.2, -0.15) is 0 Å². The molecule has 0 atom stereocenters. The highest BCUT2D eigenvalue weighted by atomic mass is 14.8. The van der Waals surface area contributed by atoms with E-state index in [2.05, 4.69) is 46.9 Å². The van der Waals surface area contributed by atoms with Crippen molar-refractivity contribution in [2.45, 2.75) is 73.6 Å². The molecule has 0 fully saturated rings. The summed E-state index contributed by atoms with van der Waals surface area (Å²) in [5.74, 6) is 0. The average Bonchev–Trinajstić information content (AvgIpc) is 2.14. The van der Waals surface area contributed by atoms with Gasteiger partial charge in [-0.05, 0) is 49.6 Å². The van der Waals surface area contributed by atoms with Crippen LogP contribution in [0, 0.1) is 10.8 Å².